The molecule has 1 fully saturated rings. The van der Waals surface area contributed by atoms with E-state index in [-0.39, 0.29) is 11.1 Å². The van der Waals surface area contributed by atoms with E-state index in [1.54, 1.807) is 12.4 Å². The van der Waals surface area contributed by atoms with Gasteiger partial charge in [-0.05, 0) is 26.8 Å². The molecule has 1 aliphatic rings. The molecule has 0 aromatic carbocycles. The van der Waals surface area contributed by atoms with E-state index in [0.29, 0.717) is 5.82 Å². The number of aromatic nitrogens is 2. The summed E-state index contributed by atoms with van der Waals surface area (Å²) < 4.78 is 0. The largest absolute Gasteiger partial charge is 0.352 e. The summed E-state index contributed by atoms with van der Waals surface area (Å²) in [5, 5.41) is 3.33. The van der Waals surface area contributed by atoms with Crippen LogP contribution in [0.15, 0.2) is 17.2 Å². The molecule has 0 radical (unpaired) electrons. The van der Waals surface area contributed by atoms with Crippen LogP contribution in [0.4, 0.5) is 5.82 Å². The van der Waals surface area contributed by atoms with Crippen LogP contribution in [0.2, 0.25) is 0 Å². The second kappa shape index (κ2) is 4.25. The summed E-state index contributed by atoms with van der Waals surface area (Å²) in [5.41, 5.74) is 0.0912. The molecule has 2 N–H and O–H groups in total. The van der Waals surface area contributed by atoms with Gasteiger partial charge in [-0.15, -0.1) is 0 Å². The highest BCUT2D eigenvalue weighted by atomic mass is 16.1. The third-order valence-electron chi connectivity index (χ3n) is 3.46. The summed E-state index contributed by atoms with van der Waals surface area (Å²) in [5.74, 6) is 0.542. The molecule has 0 atom stereocenters. The maximum absolute atomic E-state index is 11.6. The standard InChI is InChI=1S/C11H18N4O/c1-11(12-2)3-7-15(8-4-11)9-10(16)14-6-5-13-9/h5-6,12H,3-4,7-8H2,1-2H3,(H,14,16). The molecule has 0 saturated carbocycles. The van der Waals surface area contributed by atoms with Crippen LogP contribution in [0.5, 0.6) is 0 Å². The Morgan fingerprint density at radius 2 is 2.19 bits per heavy atom. The second-order valence-corrected chi connectivity index (χ2v) is 4.54. The van der Waals surface area contributed by atoms with Crippen LogP contribution < -0.4 is 15.8 Å². The average molecular weight is 222 g/mol. The van der Waals surface area contributed by atoms with Crippen LogP contribution in [0.25, 0.3) is 0 Å². The van der Waals surface area contributed by atoms with Gasteiger partial charge in [-0.2, -0.15) is 0 Å². The van der Waals surface area contributed by atoms with Crippen LogP contribution in [0, 0.1) is 0 Å². The van der Waals surface area contributed by atoms with Gasteiger partial charge in [0.25, 0.3) is 5.56 Å². The highest BCUT2D eigenvalue weighted by molar-refractivity contribution is 5.36. The van der Waals surface area contributed by atoms with Gasteiger partial charge in [0.05, 0.1) is 0 Å². The summed E-state index contributed by atoms with van der Waals surface area (Å²) in [4.78, 5) is 20.4. The van der Waals surface area contributed by atoms with Crippen molar-refractivity contribution in [2.75, 3.05) is 25.0 Å². The number of nitrogens with zero attached hydrogens (tertiary/aromatic N) is 2. The van der Waals surface area contributed by atoms with E-state index >= 15 is 0 Å². The molecular weight excluding hydrogens is 204 g/mol. The molecule has 2 heterocycles. The highest BCUT2D eigenvalue weighted by Crippen LogP contribution is 2.22. The molecule has 2 rings (SSSR count). The summed E-state index contributed by atoms with van der Waals surface area (Å²) in [6.45, 7) is 3.96. The van der Waals surface area contributed by atoms with Crippen molar-refractivity contribution in [2.24, 2.45) is 0 Å². The molecule has 88 valence electrons. The molecule has 1 saturated heterocycles. The highest BCUT2D eigenvalue weighted by Gasteiger charge is 2.29. The first-order chi connectivity index (χ1) is 7.64. The van der Waals surface area contributed by atoms with Crippen molar-refractivity contribution >= 4 is 5.82 Å². The molecule has 16 heavy (non-hydrogen) atoms. The molecule has 1 aromatic rings. The van der Waals surface area contributed by atoms with E-state index in [2.05, 4.69) is 27.1 Å². The number of nitrogens with one attached hydrogen (secondary N) is 2. The first kappa shape index (κ1) is 11.1. The van der Waals surface area contributed by atoms with Gasteiger partial charge in [-0.1, -0.05) is 0 Å². The number of rotatable bonds is 2. The predicted octanol–water partition coefficient (Wildman–Crippen LogP) is 0.348. The molecule has 1 aromatic heterocycles. The Balaban J connectivity index is 2.11. The Morgan fingerprint density at radius 3 is 2.75 bits per heavy atom. The predicted molar refractivity (Wildman–Crippen MR) is 63.8 cm³/mol. The van der Waals surface area contributed by atoms with Crippen LogP contribution in [-0.2, 0) is 0 Å². The summed E-state index contributed by atoms with van der Waals surface area (Å²) >= 11 is 0. The summed E-state index contributed by atoms with van der Waals surface area (Å²) in [6, 6.07) is 0. The number of hydrogen-bond donors (Lipinski definition) is 2. The number of piperidine rings is 1. The van der Waals surface area contributed by atoms with Crippen LogP contribution in [0.1, 0.15) is 19.8 Å². The minimum Gasteiger partial charge on any atom is -0.352 e. The molecule has 0 aliphatic carbocycles. The van der Waals surface area contributed by atoms with E-state index in [1.165, 1.54) is 0 Å². The van der Waals surface area contributed by atoms with Gasteiger partial charge in [0.2, 0.25) is 0 Å². The molecule has 0 amide bonds. The van der Waals surface area contributed by atoms with Crippen LogP contribution >= 0.6 is 0 Å². The minimum atomic E-state index is -0.101. The van der Waals surface area contributed by atoms with E-state index in [0.717, 1.165) is 25.9 Å². The number of H-pyrrole nitrogens is 1. The fourth-order valence-corrected chi connectivity index (χ4v) is 2.03. The van der Waals surface area contributed by atoms with Crippen molar-refractivity contribution in [1.29, 1.82) is 0 Å². The number of aromatic amines is 1. The van der Waals surface area contributed by atoms with Gasteiger partial charge in [0, 0.05) is 31.0 Å². The summed E-state index contributed by atoms with van der Waals surface area (Å²) in [6.07, 6.45) is 5.25. The van der Waals surface area contributed by atoms with E-state index in [4.69, 9.17) is 0 Å². The van der Waals surface area contributed by atoms with Crippen molar-refractivity contribution in [3.05, 3.63) is 22.7 Å². The number of anilines is 1. The van der Waals surface area contributed by atoms with Gasteiger partial charge in [0.1, 0.15) is 0 Å². The lowest BCUT2D eigenvalue weighted by atomic mass is 9.90. The van der Waals surface area contributed by atoms with Gasteiger partial charge in [-0.3, -0.25) is 4.79 Å². The Bertz CT molecular complexity index is 406. The Labute approximate surface area is 94.9 Å². The zero-order chi connectivity index (χ0) is 11.6. The molecule has 0 spiro atoms. The third-order valence-corrected chi connectivity index (χ3v) is 3.46. The normalized spacial score (nSPS) is 19.8. The zero-order valence-corrected chi connectivity index (χ0v) is 9.79. The first-order valence-electron chi connectivity index (χ1n) is 5.62. The monoisotopic (exact) mass is 222 g/mol. The quantitative estimate of drug-likeness (QED) is 0.758. The maximum atomic E-state index is 11.6. The second-order valence-electron chi connectivity index (χ2n) is 4.54. The maximum Gasteiger partial charge on any atom is 0.290 e. The number of hydrogen-bond acceptors (Lipinski definition) is 4. The smallest absolute Gasteiger partial charge is 0.290 e. The van der Waals surface area contributed by atoms with Crippen molar-refractivity contribution in [3.63, 3.8) is 0 Å². The van der Waals surface area contributed by atoms with Crippen molar-refractivity contribution in [1.82, 2.24) is 15.3 Å². The van der Waals surface area contributed by atoms with Crippen molar-refractivity contribution < 1.29 is 0 Å². The summed E-state index contributed by atoms with van der Waals surface area (Å²) in [7, 11) is 1.99. The Morgan fingerprint density at radius 1 is 1.50 bits per heavy atom. The third kappa shape index (κ3) is 2.09. The fourth-order valence-electron chi connectivity index (χ4n) is 2.03. The topological polar surface area (TPSA) is 61.0 Å². The Kier molecular flexibility index (Phi) is 2.96. The molecule has 0 bridgehead atoms. The van der Waals surface area contributed by atoms with E-state index in [9.17, 15) is 4.79 Å². The van der Waals surface area contributed by atoms with Crippen LogP contribution in [-0.4, -0.2) is 35.6 Å². The van der Waals surface area contributed by atoms with Gasteiger partial charge in [-0.25, -0.2) is 4.98 Å². The van der Waals surface area contributed by atoms with Gasteiger partial charge < -0.3 is 15.2 Å². The Hall–Kier alpha value is -1.36. The molecular formula is C11H18N4O. The van der Waals surface area contributed by atoms with Gasteiger partial charge in [0.15, 0.2) is 5.82 Å². The first-order valence-corrected chi connectivity index (χ1v) is 5.62. The fraction of sp³-hybridized carbons (Fsp3) is 0.636. The van der Waals surface area contributed by atoms with Crippen molar-refractivity contribution in [3.8, 4) is 0 Å². The molecule has 1 aliphatic heterocycles. The van der Waals surface area contributed by atoms with Crippen molar-refractivity contribution in [2.45, 2.75) is 25.3 Å². The minimum absolute atomic E-state index is 0.101. The van der Waals surface area contributed by atoms with Gasteiger partial charge >= 0.3 is 0 Å². The zero-order valence-electron chi connectivity index (χ0n) is 9.79. The van der Waals surface area contributed by atoms with E-state index in [1.807, 2.05) is 7.05 Å². The molecule has 0 unspecified atom stereocenters. The lowest BCUT2D eigenvalue weighted by Crippen LogP contribution is -2.51. The molecule has 5 nitrogen and oxygen atoms in total. The lowest BCUT2D eigenvalue weighted by Gasteiger charge is -2.39. The van der Waals surface area contributed by atoms with E-state index < -0.39 is 0 Å². The SMILES string of the molecule is CNC1(C)CCN(c2ncc[nH]c2=O)CC1. The average Bonchev–Trinajstić information content (AvgIpc) is 2.31. The van der Waals surface area contributed by atoms with Crippen LogP contribution in [0.3, 0.4) is 0 Å². The molecule has 5 heteroatoms. The lowest BCUT2D eigenvalue weighted by molar-refractivity contribution is 0.304.